The number of rotatable bonds is 12. The zero-order chi connectivity index (χ0) is 13.8. The monoisotopic (exact) mass is 258 g/mol. The lowest BCUT2D eigenvalue weighted by atomic mass is 10.1. The van der Waals surface area contributed by atoms with Crippen LogP contribution < -0.4 is 11.1 Å². The average molecular weight is 258 g/mol. The first-order valence-corrected chi connectivity index (χ1v) is 6.82. The second-order valence-electron chi connectivity index (χ2n) is 4.62. The molecular weight excluding hydrogens is 232 g/mol. The molecule has 4 N–H and O–H groups in total. The van der Waals surface area contributed by atoms with E-state index in [1.807, 2.05) is 0 Å². The Kier molecular flexibility index (Phi) is 10.3. The van der Waals surface area contributed by atoms with Gasteiger partial charge in [-0.3, -0.25) is 9.59 Å². The molecule has 0 rings (SSSR count). The van der Waals surface area contributed by atoms with E-state index in [2.05, 4.69) is 12.2 Å². The third kappa shape index (κ3) is 10.1. The lowest BCUT2D eigenvalue weighted by Crippen LogP contribution is -2.38. The molecule has 0 saturated heterocycles. The molecule has 1 amide bonds. The van der Waals surface area contributed by atoms with Gasteiger partial charge in [0, 0.05) is 6.42 Å². The molecule has 0 unspecified atom stereocenters. The van der Waals surface area contributed by atoms with Crippen LogP contribution in [0.2, 0.25) is 0 Å². The van der Waals surface area contributed by atoms with Crippen molar-refractivity contribution in [3.05, 3.63) is 0 Å². The number of carboxylic acid groups (broad SMARTS) is 1. The van der Waals surface area contributed by atoms with Gasteiger partial charge >= 0.3 is 5.97 Å². The molecule has 0 aliphatic rings. The normalized spacial score (nSPS) is 12.3. The first-order chi connectivity index (χ1) is 8.57. The van der Waals surface area contributed by atoms with Crippen LogP contribution in [0.5, 0.6) is 0 Å². The second kappa shape index (κ2) is 11.0. The Labute approximate surface area is 109 Å². The topological polar surface area (TPSA) is 92.4 Å². The maximum Gasteiger partial charge on any atom is 0.320 e. The molecule has 0 heterocycles. The summed E-state index contributed by atoms with van der Waals surface area (Å²) in [4.78, 5) is 21.5. The second-order valence-corrected chi connectivity index (χ2v) is 4.62. The van der Waals surface area contributed by atoms with Gasteiger partial charge in [-0.2, -0.15) is 0 Å². The molecular formula is C13H26N2O3. The van der Waals surface area contributed by atoms with Crippen LogP contribution >= 0.6 is 0 Å². The van der Waals surface area contributed by atoms with Gasteiger partial charge in [-0.25, -0.2) is 0 Å². The number of hydrogen-bond acceptors (Lipinski definition) is 3. The van der Waals surface area contributed by atoms with E-state index in [0.717, 1.165) is 12.8 Å². The molecule has 0 aromatic heterocycles. The quantitative estimate of drug-likeness (QED) is 0.464. The van der Waals surface area contributed by atoms with Gasteiger partial charge in [0.25, 0.3) is 0 Å². The zero-order valence-electron chi connectivity index (χ0n) is 11.3. The van der Waals surface area contributed by atoms with Crippen molar-refractivity contribution in [1.82, 2.24) is 5.32 Å². The van der Waals surface area contributed by atoms with Crippen LogP contribution in [0.25, 0.3) is 0 Å². The van der Waals surface area contributed by atoms with Crippen molar-refractivity contribution in [3.63, 3.8) is 0 Å². The highest BCUT2D eigenvalue weighted by Gasteiger charge is 2.16. The summed E-state index contributed by atoms with van der Waals surface area (Å²) in [5.74, 6) is -1.37. The van der Waals surface area contributed by atoms with Crippen molar-refractivity contribution >= 4 is 11.9 Å². The number of carbonyl (C=O) groups excluding carboxylic acids is 1. The smallest absolute Gasteiger partial charge is 0.320 e. The third-order valence-corrected chi connectivity index (χ3v) is 2.90. The van der Waals surface area contributed by atoms with Crippen LogP contribution in [-0.4, -0.2) is 29.6 Å². The summed E-state index contributed by atoms with van der Waals surface area (Å²) in [5.41, 5.74) is 5.00. The number of nitrogens with one attached hydrogen (secondary N) is 1. The van der Waals surface area contributed by atoms with E-state index < -0.39 is 17.9 Å². The Morgan fingerprint density at radius 3 is 2.33 bits per heavy atom. The molecule has 0 aliphatic carbocycles. The molecule has 0 bridgehead atoms. The molecule has 0 saturated carbocycles. The predicted octanol–water partition coefficient (Wildman–Crippen LogP) is 1.66. The summed E-state index contributed by atoms with van der Waals surface area (Å²) in [5, 5.41) is 11.9. The van der Waals surface area contributed by atoms with E-state index in [9.17, 15) is 9.59 Å². The number of amides is 1. The van der Waals surface area contributed by atoms with Gasteiger partial charge in [0.2, 0.25) is 5.91 Å². The first-order valence-electron chi connectivity index (χ1n) is 6.82. The van der Waals surface area contributed by atoms with Gasteiger partial charge in [0.15, 0.2) is 0 Å². The molecule has 5 nitrogen and oxygen atoms in total. The Morgan fingerprint density at radius 2 is 1.78 bits per heavy atom. The summed E-state index contributed by atoms with van der Waals surface area (Å²) in [6.07, 6.45) is 7.42. The van der Waals surface area contributed by atoms with Crippen LogP contribution in [0.1, 0.15) is 58.3 Å². The number of primary amides is 1. The molecule has 0 fully saturated rings. The molecule has 18 heavy (non-hydrogen) atoms. The van der Waals surface area contributed by atoms with Gasteiger partial charge in [-0.1, -0.05) is 39.0 Å². The molecule has 0 aromatic carbocycles. The van der Waals surface area contributed by atoms with E-state index >= 15 is 0 Å². The van der Waals surface area contributed by atoms with Crippen molar-refractivity contribution in [3.8, 4) is 0 Å². The number of unbranched alkanes of at least 4 members (excludes halogenated alkanes) is 5. The maximum absolute atomic E-state index is 10.9. The number of nitrogens with two attached hydrogens (primary N) is 1. The number of carbonyl (C=O) groups is 2. The van der Waals surface area contributed by atoms with E-state index in [1.54, 1.807) is 0 Å². The molecule has 1 atom stereocenters. The van der Waals surface area contributed by atoms with E-state index in [4.69, 9.17) is 10.8 Å². The molecule has 0 spiro atoms. The lowest BCUT2D eigenvalue weighted by Gasteiger charge is -2.13. The van der Waals surface area contributed by atoms with Gasteiger partial charge in [0.1, 0.15) is 6.04 Å². The van der Waals surface area contributed by atoms with E-state index in [0.29, 0.717) is 6.54 Å². The SMILES string of the molecule is CCCCCCCCN[C@H](CCC(N)=O)C(=O)O. The number of carboxylic acids is 1. The highest BCUT2D eigenvalue weighted by Crippen LogP contribution is 2.05. The van der Waals surface area contributed by atoms with Crippen LogP contribution in [0.4, 0.5) is 0 Å². The number of hydrogen-bond donors (Lipinski definition) is 3. The van der Waals surface area contributed by atoms with E-state index in [-0.39, 0.29) is 12.8 Å². The molecule has 0 aromatic rings. The van der Waals surface area contributed by atoms with Gasteiger partial charge in [-0.05, 0) is 19.4 Å². The Balaban J connectivity index is 3.58. The lowest BCUT2D eigenvalue weighted by molar-refractivity contribution is -0.139. The maximum atomic E-state index is 10.9. The van der Waals surface area contributed by atoms with Crippen molar-refractivity contribution < 1.29 is 14.7 Å². The van der Waals surface area contributed by atoms with Gasteiger partial charge in [0.05, 0.1) is 0 Å². The standard InChI is InChI=1S/C13H26N2O3/c1-2-3-4-5-6-7-10-15-11(13(17)18)8-9-12(14)16/h11,15H,2-10H2,1H3,(H2,14,16)(H,17,18)/t11-/m1/s1. The minimum absolute atomic E-state index is 0.112. The van der Waals surface area contributed by atoms with Crippen LogP contribution in [0.15, 0.2) is 0 Å². The largest absolute Gasteiger partial charge is 0.480 e. The summed E-state index contributed by atoms with van der Waals surface area (Å²) >= 11 is 0. The summed E-state index contributed by atoms with van der Waals surface area (Å²) in [6, 6.07) is -0.659. The fourth-order valence-corrected chi connectivity index (χ4v) is 1.78. The van der Waals surface area contributed by atoms with Crippen molar-refractivity contribution in [2.24, 2.45) is 5.73 Å². The minimum Gasteiger partial charge on any atom is -0.480 e. The van der Waals surface area contributed by atoms with Crippen molar-refractivity contribution in [2.75, 3.05) is 6.54 Å². The first kappa shape index (κ1) is 16.9. The van der Waals surface area contributed by atoms with Crippen molar-refractivity contribution in [1.29, 1.82) is 0 Å². The van der Waals surface area contributed by atoms with Crippen molar-refractivity contribution in [2.45, 2.75) is 64.3 Å². The third-order valence-electron chi connectivity index (χ3n) is 2.90. The highest BCUT2D eigenvalue weighted by atomic mass is 16.4. The van der Waals surface area contributed by atoms with Gasteiger partial charge in [-0.15, -0.1) is 0 Å². The minimum atomic E-state index is -0.915. The fraction of sp³-hybridized carbons (Fsp3) is 0.846. The molecule has 0 aliphatic heterocycles. The van der Waals surface area contributed by atoms with E-state index in [1.165, 1.54) is 25.7 Å². The van der Waals surface area contributed by atoms with Gasteiger partial charge < -0.3 is 16.2 Å². The zero-order valence-corrected chi connectivity index (χ0v) is 11.3. The van der Waals surface area contributed by atoms with Crippen LogP contribution in [0, 0.1) is 0 Å². The van der Waals surface area contributed by atoms with Crippen LogP contribution in [-0.2, 0) is 9.59 Å². The molecule has 5 heteroatoms. The summed E-state index contributed by atoms with van der Waals surface area (Å²) < 4.78 is 0. The average Bonchev–Trinajstić information content (AvgIpc) is 2.31. The predicted molar refractivity (Wildman–Crippen MR) is 71.2 cm³/mol. The molecule has 106 valence electrons. The summed E-state index contributed by atoms with van der Waals surface area (Å²) in [7, 11) is 0. The highest BCUT2D eigenvalue weighted by molar-refractivity contribution is 5.77. The van der Waals surface area contributed by atoms with Crippen LogP contribution in [0.3, 0.4) is 0 Å². The Hall–Kier alpha value is -1.10. The summed E-state index contributed by atoms with van der Waals surface area (Å²) in [6.45, 7) is 2.86. The Bertz CT molecular complexity index is 244. The Morgan fingerprint density at radius 1 is 1.17 bits per heavy atom. The fourth-order valence-electron chi connectivity index (χ4n) is 1.78. The number of aliphatic carboxylic acids is 1. The molecule has 0 radical (unpaired) electrons.